The van der Waals surface area contributed by atoms with E-state index in [0.29, 0.717) is 29.3 Å². The maximum atomic E-state index is 14.1. The summed E-state index contributed by atoms with van der Waals surface area (Å²) in [5.41, 5.74) is 1.59. The van der Waals surface area contributed by atoms with Gasteiger partial charge in [0.1, 0.15) is 42.1 Å². The Morgan fingerprint density at radius 2 is 1.96 bits per heavy atom. The molecular formula is C35H44N6O6. The van der Waals surface area contributed by atoms with Gasteiger partial charge in [-0.15, -0.1) is 0 Å². The van der Waals surface area contributed by atoms with Crippen LogP contribution in [0.1, 0.15) is 78.1 Å². The van der Waals surface area contributed by atoms with Crippen molar-refractivity contribution < 1.29 is 28.6 Å². The van der Waals surface area contributed by atoms with Gasteiger partial charge in [-0.3, -0.25) is 14.8 Å². The number of amides is 2. The van der Waals surface area contributed by atoms with E-state index in [1.165, 1.54) is 4.90 Å². The third-order valence-electron chi connectivity index (χ3n) is 9.74. The predicted octanol–water partition coefficient (Wildman–Crippen LogP) is 4.83. The van der Waals surface area contributed by atoms with Crippen LogP contribution in [-0.2, 0) is 27.4 Å². The molecule has 3 aromatic rings. The number of hydrogen-bond donors (Lipinski definition) is 1. The lowest BCUT2D eigenvalue weighted by Gasteiger charge is -2.34. The highest BCUT2D eigenvalue weighted by molar-refractivity contribution is 5.89. The highest BCUT2D eigenvalue weighted by Crippen LogP contribution is 2.49. The van der Waals surface area contributed by atoms with Crippen LogP contribution in [0, 0.1) is 17.3 Å². The van der Waals surface area contributed by atoms with Gasteiger partial charge < -0.3 is 29.2 Å². The van der Waals surface area contributed by atoms with E-state index in [1.54, 1.807) is 18.6 Å². The van der Waals surface area contributed by atoms with E-state index in [4.69, 9.17) is 24.2 Å². The van der Waals surface area contributed by atoms with Gasteiger partial charge in [0.15, 0.2) is 0 Å². The summed E-state index contributed by atoms with van der Waals surface area (Å²) in [6, 6.07) is 3.93. The van der Waals surface area contributed by atoms with Crippen molar-refractivity contribution in [1.82, 2.24) is 30.2 Å². The third kappa shape index (κ3) is 7.16. The summed E-state index contributed by atoms with van der Waals surface area (Å²) in [5.74, 6) is 0.600. The van der Waals surface area contributed by atoms with Gasteiger partial charge in [-0.1, -0.05) is 40.5 Å². The lowest BCUT2D eigenvalue weighted by Crippen LogP contribution is -2.56. The number of rotatable bonds is 4. The Balaban J connectivity index is 1.31. The number of ether oxygens (including phenoxy) is 3. The van der Waals surface area contributed by atoms with Crippen molar-refractivity contribution >= 4 is 29.3 Å². The average Bonchev–Trinajstić information content (AvgIpc) is 3.56. The number of aryl methyl sites for hydroxylation is 1. The van der Waals surface area contributed by atoms with Crippen molar-refractivity contribution in [1.29, 1.82) is 0 Å². The lowest BCUT2D eigenvalue weighted by molar-refractivity contribution is -0.139. The molecule has 12 nitrogen and oxygen atoms in total. The zero-order valence-corrected chi connectivity index (χ0v) is 27.8. The molecule has 2 aromatic heterocycles. The van der Waals surface area contributed by atoms with Crippen LogP contribution >= 0.6 is 0 Å². The standard InChI is InChI=1S/C35H44N6O6/c1-21-28(19-42)41-18-29(21)46-31-26(38-25-12-11-24(15-27(25)39-31)45-20-23-17-36-13-14-37-23)10-8-6-7-9-22-16-35(22,5)47-33(44)40-30(32(41)43)34(2,3)4/h11-15,17,19,21-22,28-30H,6-10,16,18,20H2,1-5H3,(H,40,44)/t21-,22+,28+,29-,30+,35+/m0/s1. The summed E-state index contributed by atoms with van der Waals surface area (Å²) in [6.07, 6.45) is 9.82. The fraction of sp³-hybridized carbons (Fsp3) is 0.571. The van der Waals surface area contributed by atoms with Crippen molar-refractivity contribution in [2.45, 2.75) is 104 Å². The van der Waals surface area contributed by atoms with E-state index in [2.05, 4.69) is 15.3 Å². The Bertz CT molecular complexity index is 1630. The highest BCUT2D eigenvalue weighted by atomic mass is 16.6. The van der Waals surface area contributed by atoms with E-state index in [1.807, 2.05) is 52.8 Å². The molecule has 1 N–H and O–H groups in total. The first-order chi connectivity index (χ1) is 22.4. The molecule has 1 aliphatic carbocycles. The van der Waals surface area contributed by atoms with Crippen molar-refractivity contribution in [2.24, 2.45) is 17.3 Å². The zero-order chi connectivity index (χ0) is 33.3. The van der Waals surface area contributed by atoms with Crippen molar-refractivity contribution in [3.63, 3.8) is 0 Å². The molecule has 12 heteroatoms. The van der Waals surface area contributed by atoms with Gasteiger partial charge in [-0.2, -0.15) is 0 Å². The number of hydrogen-bond acceptors (Lipinski definition) is 10. The van der Waals surface area contributed by atoms with Crippen LogP contribution in [0.4, 0.5) is 4.79 Å². The second kappa shape index (κ2) is 13.0. The fourth-order valence-corrected chi connectivity index (χ4v) is 6.67. The number of aromatic nitrogens is 4. The Kier molecular flexibility index (Phi) is 9.04. The SMILES string of the molecule is C[C@@H]1[C@@H]2CN(C(=O)[C@H](C(C)(C)C)NC(=O)O[C@]3(C)C[C@H]3CCCCCc3nc4ccc(OCc5cnccn5)cc4nc3O2)[C@@H]1C=O. The number of carbonyl (C=O) groups is 3. The molecule has 2 aliphatic heterocycles. The van der Waals surface area contributed by atoms with Gasteiger partial charge in [0, 0.05) is 30.3 Å². The second-order valence-corrected chi connectivity index (χ2v) is 14.4. The minimum Gasteiger partial charge on any atom is -0.487 e. The molecule has 2 bridgehead atoms. The van der Waals surface area contributed by atoms with E-state index < -0.39 is 35.3 Å². The number of alkyl carbamates (subject to hydrolysis) is 1. The number of carbonyl (C=O) groups excluding carboxylic acids is 3. The van der Waals surface area contributed by atoms with Crippen LogP contribution in [0.15, 0.2) is 36.8 Å². The lowest BCUT2D eigenvalue weighted by atomic mass is 9.85. The molecule has 2 amide bonds. The summed E-state index contributed by atoms with van der Waals surface area (Å²) in [6.45, 7) is 9.92. The number of aldehydes is 1. The van der Waals surface area contributed by atoms with E-state index in [9.17, 15) is 14.4 Å². The largest absolute Gasteiger partial charge is 0.487 e. The maximum Gasteiger partial charge on any atom is 0.408 e. The number of benzene rings is 1. The summed E-state index contributed by atoms with van der Waals surface area (Å²) in [5, 5.41) is 2.85. The quantitative estimate of drug-likeness (QED) is 0.392. The molecule has 47 heavy (non-hydrogen) atoms. The number of fused-ring (bicyclic) bond motifs is 5. The van der Waals surface area contributed by atoms with Crippen LogP contribution in [0.3, 0.4) is 0 Å². The molecule has 1 aromatic carbocycles. The molecule has 0 radical (unpaired) electrons. The first kappa shape index (κ1) is 32.6. The van der Waals surface area contributed by atoms with Crippen molar-refractivity contribution in [3.05, 3.63) is 48.2 Å². The minimum atomic E-state index is -0.903. The smallest absolute Gasteiger partial charge is 0.408 e. The molecule has 250 valence electrons. The maximum absolute atomic E-state index is 14.1. The molecule has 0 unspecified atom stereocenters. The van der Waals surface area contributed by atoms with Gasteiger partial charge in [-0.05, 0) is 50.2 Å². The molecule has 6 rings (SSSR count). The summed E-state index contributed by atoms with van der Waals surface area (Å²) in [7, 11) is 0. The van der Waals surface area contributed by atoms with Crippen molar-refractivity contribution in [2.75, 3.05) is 6.54 Å². The number of nitrogens with zero attached hydrogens (tertiary/aromatic N) is 5. The molecule has 1 saturated carbocycles. The molecular weight excluding hydrogens is 600 g/mol. The van der Waals surface area contributed by atoms with E-state index >= 15 is 0 Å². The highest BCUT2D eigenvalue weighted by Gasteiger charge is 2.54. The zero-order valence-electron chi connectivity index (χ0n) is 27.8. The summed E-state index contributed by atoms with van der Waals surface area (Å²) in [4.78, 5) is 59.4. The molecule has 1 saturated heterocycles. The summed E-state index contributed by atoms with van der Waals surface area (Å²) >= 11 is 0. The molecule has 6 atom stereocenters. The van der Waals surface area contributed by atoms with Crippen LogP contribution in [0.5, 0.6) is 11.6 Å². The normalized spacial score (nSPS) is 28.5. The van der Waals surface area contributed by atoms with Gasteiger partial charge in [-0.25, -0.2) is 14.8 Å². The molecule has 0 spiro atoms. The molecule has 4 heterocycles. The van der Waals surface area contributed by atoms with Gasteiger partial charge in [0.25, 0.3) is 0 Å². The first-order valence-electron chi connectivity index (χ1n) is 16.6. The van der Waals surface area contributed by atoms with Gasteiger partial charge in [0.05, 0.1) is 35.5 Å². The van der Waals surface area contributed by atoms with Crippen LogP contribution in [-0.4, -0.2) is 73.5 Å². The van der Waals surface area contributed by atoms with Gasteiger partial charge >= 0.3 is 6.09 Å². The predicted molar refractivity (Wildman–Crippen MR) is 173 cm³/mol. The van der Waals surface area contributed by atoms with Crippen LogP contribution < -0.4 is 14.8 Å². The van der Waals surface area contributed by atoms with E-state index in [0.717, 1.165) is 49.6 Å². The van der Waals surface area contributed by atoms with Crippen LogP contribution in [0.2, 0.25) is 0 Å². The Hall–Kier alpha value is -4.35. The monoisotopic (exact) mass is 644 g/mol. The van der Waals surface area contributed by atoms with Gasteiger partial charge in [0.2, 0.25) is 11.8 Å². The average molecular weight is 645 g/mol. The fourth-order valence-electron chi connectivity index (χ4n) is 6.67. The van der Waals surface area contributed by atoms with E-state index in [-0.39, 0.29) is 30.9 Å². The van der Waals surface area contributed by atoms with Crippen LogP contribution in [0.25, 0.3) is 11.0 Å². The molecule has 2 fully saturated rings. The summed E-state index contributed by atoms with van der Waals surface area (Å²) < 4.78 is 18.4. The topological polar surface area (TPSA) is 146 Å². The van der Waals surface area contributed by atoms with Crippen molar-refractivity contribution in [3.8, 4) is 11.6 Å². The molecule has 3 aliphatic rings. The Morgan fingerprint density at radius 3 is 2.70 bits per heavy atom. The Morgan fingerprint density at radius 1 is 1.13 bits per heavy atom. The number of nitrogens with one attached hydrogen (secondary N) is 1. The minimum absolute atomic E-state index is 0.160. The second-order valence-electron chi connectivity index (χ2n) is 14.4. The third-order valence-corrected chi connectivity index (χ3v) is 9.74. The Labute approximate surface area is 275 Å². The first-order valence-corrected chi connectivity index (χ1v) is 16.6.